The number of benzene rings is 1. The largest absolute Gasteiger partial charge is 0.539 e. The van der Waals surface area contributed by atoms with Gasteiger partial charge in [0, 0.05) is 0 Å². The van der Waals surface area contributed by atoms with E-state index in [0.29, 0.717) is 11.5 Å². The minimum atomic E-state index is -2.64. The van der Waals surface area contributed by atoms with Gasteiger partial charge >= 0.3 is 5.66 Å². The van der Waals surface area contributed by atoms with Crippen LogP contribution in [0.4, 0.5) is 0 Å². The zero-order valence-electron chi connectivity index (χ0n) is 10.5. The van der Waals surface area contributed by atoms with Crippen molar-refractivity contribution >= 4 is 5.71 Å². The van der Waals surface area contributed by atoms with Gasteiger partial charge in [-0.2, -0.15) is 0 Å². The van der Waals surface area contributed by atoms with Crippen LogP contribution in [-0.4, -0.2) is 40.5 Å². The van der Waals surface area contributed by atoms with Crippen LogP contribution in [0.5, 0.6) is 11.5 Å². The minimum Gasteiger partial charge on any atom is -0.485 e. The predicted molar refractivity (Wildman–Crippen MR) is 66.5 cm³/mol. The molecule has 0 saturated carbocycles. The van der Waals surface area contributed by atoms with Crippen molar-refractivity contribution in [2.45, 2.75) is 11.8 Å². The van der Waals surface area contributed by atoms with E-state index in [-0.39, 0.29) is 6.61 Å². The molecule has 1 atom stereocenters. The second-order valence-electron chi connectivity index (χ2n) is 4.45. The van der Waals surface area contributed by atoms with Gasteiger partial charge in [0.2, 0.25) is 0 Å². The van der Waals surface area contributed by atoms with Gasteiger partial charge in [-0.25, -0.2) is 0 Å². The number of rotatable bonds is 3. The van der Waals surface area contributed by atoms with Crippen LogP contribution in [0.15, 0.2) is 29.4 Å². The highest BCUT2D eigenvalue weighted by atomic mass is 16.7. The van der Waals surface area contributed by atoms with Gasteiger partial charge in [0.05, 0.1) is 0 Å². The molecule has 0 spiro atoms. The van der Waals surface area contributed by atoms with Crippen LogP contribution in [0.3, 0.4) is 0 Å². The van der Waals surface area contributed by atoms with Crippen LogP contribution in [-0.2, 0) is 4.84 Å². The number of hydrogen-bond donors (Lipinski definition) is 0. The van der Waals surface area contributed by atoms with Crippen molar-refractivity contribution in [1.29, 1.82) is 0 Å². The number of nitrogens with zero attached hydrogens (tertiary/aromatic N) is 3. The van der Waals surface area contributed by atoms with Gasteiger partial charge in [0.25, 0.3) is 12.3 Å². The lowest BCUT2D eigenvalue weighted by molar-refractivity contribution is -0.772. The molecule has 2 aliphatic heterocycles. The second kappa shape index (κ2) is 4.58. The zero-order valence-corrected chi connectivity index (χ0v) is 10.5. The van der Waals surface area contributed by atoms with E-state index in [0.717, 1.165) is 0 Å². The first kappa shape index (κ1) is 13.1. The summed E-state index contributed by atoms with van der Waals surface area (Å²) in [5.41, 5.74) is -3.05. The van der Waals surface area contributed by atoms with Gasteiger partial charge in [-0.05, 0) is 12.1 Å². The van der Waals surface area contributed by atoms with Gasteiger partial charge in [0.1, 0.15) is 16.5 Å². The third-order valence-corrected chi connectivity index (χ3v) is 3.26. The Labute approximate surface area is 117 Å². The second-order valence-corrected chi connectivity index (χ2v) is 4.45. The molecule has 1 aromatic rings. The predicted octanol–water partition coefficient (Wildman–Crippen LogP) is 0.462. The zero-order chi connectivity index (χ0) is 15.0. The third-order valence-electron chi connectivity index (χ3n) is 3.26. The summed E-state index contributed by atoms with van der Waals surface area (Å²) in [6.45, 7) is -0.896. The van der Waals surface area contributed by atoms with Gasteiger partial charge < -0.3 is 14.3 Å². The van der Waals surface area contributed by atoms with Crippen molar-refractivity contribution < 1.29 is 24.2 Å². The SMILES string of the molecule is O=[N+]([O-])C1([N+](=O)[O-])CON=C1C1COc2ccccc2O1. The lowest BCUT2D eigenvalue weighted by atomic mass is 10.0. The Morgan fingerprint density at radius 1 is 1.19 bits per heavy atom. The summed E-state index contributed by atoms with van der Waals surface area (Å²) < 4.78 is 10.9. The molecule has 0 aromatic heterocycles. The molecule has 110 valence electrons. The number of fused-ring (bicyclic) bond motifs is 1. The highest BCUT2D eigenvalue weighted by Gasteiger charge is 2.69. The summed E-state index contributed by atoms with van der Waals surface area (Å²) in [5, 5.41) is 25.8. The van der Waals surface area contributed by atoms with Gasteiger partial charge in [0.15, 0.2) is 17.6 Å². The normalized spacial score (nSPS) is 22.1. The summed E-state index contributed by atoms with van der Waals surface area (Å²) in [6, 6.07) is 6.67. The van der Waals surface area contributed by atoms with Crippen molar-refractivity contribution in [3.8, 4) is 11.5 Å². The van der Waals surface area contributed by atoms with Gasteiger partial charge in [-0.3, -0.25) is 20.2 Å². The molecule has 3 rings (SSSR count). The maximum Gasteiger partial charge on any atom is 0.539 e. The van der Waals surface area contributed by atoms with Crippen LogP contribution in [0.25, 0.3) is 0 Å². The molecule has 21 heavy (non-hydrogen) atoms. The molecule has 0 N–H and O–H groups in total. The summed E-state index contributed by atoms with van der Waals surface area (Å²) in [5.74, 6) is 0.796. The molecule has 0 bridgehead atoms. The van der Waals surface area contributed by atoms with Crippen molar-refractivity contribution in [3.05, 3.63) is 44.5 Å². The number of nitro groups is 2. The fraction of sp³-hybridized carbons (Fsp3) is 0.364. The molecule has 1 unspecified atom stereocenters. The average molecular weight is 295 g/mol. The number of para-hydroxylation sites is 2. The smallest absolute Gasteiger partial charge is 0.485 e. The molecule has 0 saturated heterocycles. The van der Waals surface area contributed by atoms with Crippen LogP contribution >= 0.6 is 0 Å². The quantitative estimate of drug-likeness (QED) is 0.450. The Morgan fingerprint density at radius 2 is 1.86 bits per heavy atom. The monoisotopic (exact) mass is 295 g/mol. The Hall–Kier alpha value is -2.91. The molecular formula is C11H9N3O7. The average Bonchev–Trinajstić information content (AvgIpc) is 2.92. The maximum atomic E-state index is 11.2. The topological polar surface area (TPSA) is 126 Å². The maximum absolute atomic E-state index is 11.2. The summed E-state index contributed by atoms with van der Waals surface area (Å²) in [6.07, 6.45) is -1.06. The van der Waals surface area contributed by atoms with Crippen LogP contribution in [0.1, 0.15) is 0 Å². The van der Waals surface area contributed by atoms with Crippen LogP contribution < -0.4 is 9.47 Å². The fourth-order valence-corrected chi connectivity index (χ4v) is 2.17. The molecule has 0 fully saturated rings. The van der Waals surface area contributed by atoms with Gasteiger partial charge in [-0.1, -0.05) is 17.3 Å². The van der Waals surface area contributed by atoms with Crippen LogP contribution in [0, 0.1) is 20.2 Å². The van der Waals surface area contributed by atoms with E-state index >= 15 is 0 Å². The molecule has 0 aliphatic carbocycles. The van der Waals surface area contributed by atoms with E-state index in [1.165, 1.54) is 0 Å². The Bertz CT molecular complexity index is 630. The Balaban J connectivity index is 1.94. The highest BCUT2D eigenvalue weighted by Crippen LogP contribution is 2.34. The first-order valence-electron chi connectivity index (χ1n) is 5.93. The Morgan fingerprint density at radius 3 is 2.52 bits per heavy atom. The minimum absolute atomic E-state index is 0.122. The van der Waals surface area contributed by atoms with E-state index in [1.54, 1.807) is 24.3 Å². The van der Waals surface area contributed by atoms with E-state index < -0.39 is 33.9 Å². The van der Waals surface area contributed by atoms with Crippen molar-refractivity contribution in [3.63, 3.8) is 0 Å². The van der Waals surface area contributed by atoms with Crippen molar-refractivity contribution in [2.24, 2.45) is 5.16 Å². The van der Waals surface area contributed by atoms with E-state index in [2.05, 4.69) is 9.99 Å². The van der Waals surface area contributed by atoms with E-state index in [1.807, 2.05) is 0 Å². The lowest BCUT2D eigenvalue weighted by Gasteiger charge is -2.26. The molecular weight excluding hydrogens is 286 g/mol. The first-order chi connectivity index (χ1) is 10.1. The Kier molecular flexibility index (Phi) is 2.85. The van der Waals surface area contributed by atoms with E-state index in [4.69, 9.17) is 9.47 Å². The molecule has 2 aliphatic rings. The van der Waals surface area contributed by atoms with Crippen LogP contribution in [0.2, 0.25) is 0 Å². The molecule has 10 heteroatoms. The van der Waals surface area contributed by atoms with Crippen molar-refractivity contribution in [1.82, 2.24) is 0 Å². The lowest BCUT2D eigenvalue weighted by Crippen LogP contribution is -2.59. The summed E-state index contributed by atoms with van der Waals surface area (Å²) >= 11 is 0. The molecule has 2 heterocycles. The van der Waals surface area contributed by atoms with Gasteiger partial charge in [-0.15, -0.1) is 0 Å². The fourth-order valence-electron chi connectivity index (χ4n) is 2.17. The molecule has 0 radical (unpaired) electrons. The molecule has 10 nitrogen and oxygen atoms in total. The highest BCUT2D eigenvalue weighted by molar-refractivity contribution is 5.96. The standard InChI is InChI=1S/C11H9N3O7/c15-13(16)11(14(17)18)6-20-12-10(11)9-5-19-7-3-1-2-4-8(7)21-9/h1-4,9H,5-6H2. The summed E-state index contributed by atoms with van der Waals surface area (Å²) in [4.78, 5) is 24.9. The molecule has 0 amide bonds. The summed E-state index contributed by atoms with van der Waals surface area (Å²) in [7, 11) is 0. The molecule has 1 aromatic carbocycles. The van der Waals surface area contributed by atoms with Crippen molar-refractivity contribution in [2.75, 3.05) is 13.2 Å². The number of ether oxygens (including phenoxy) is 2. The number of hydrogen-bond acceptors (Lipinski definition) is 8. The first-order valence-corrected chi connectivity index (χ1v) is 5.93. The van der Waals surface area contributed by atoms with E-state index in [9.17, 15) is 20.2 Å². The third kappa shape index (κ3) is 1.83. The number of oxime groups is 1.